The van der Waals surface area contributed by atoms with Gasteiger partial charge < -0.3 is 19.3 Å². The van der Waals surface area contributed by atoms with Gasteiger partial charge in [-0.2, -0.15) is 23.3 Å². The van der Waals surface area contributed by atoms with Crippen molar-refractivity contribution < 1.29 is 37.3 Å². The van der Waals surface area contributed by atoms with E-state index in [2.05, 4.69) is 5.10 Å². The Kier molecular flexibility index (Phi) is 6.43. The minimum absolute atomic E-state index is 0.0193. The van der Waals surface area contributed by atoms with Crippen LogP contribution in [0, 0.1) is 0 Å². The van der Waals surface area contributed by atoms with Gasteiger partial charge in [0.15, 0.2) is 11.5 Å². The molecule has 0 aromatic heterocycles. The van der Waals surface area contributed by atoms with E-state index < -0.39 is 24.2 Å². The van der Waals surface area contributed by atoms with Gasteiger partial charge in [0.2, 0.25) is 5.75 Å². The van der Waals surface area contributed by atoms with E-state index in [0.29, 0.717) is 0 Å². The van der Waals surface area contributed by atoms with Crippen LogP contribution < -0.4 is 14.2 Å². The van der Waals surface area contributed by atoms with Crippen molar-refractivity contribution >= 4 is 11.6 Å². The summed E-state index contributed by atoms with van der Waals surface area (Å²) in [5.74, 6) is -0.597. The minimum Gasteiger partial charge on any atom is -0.490 e. The number of ether oxygens (including phenoxy) is 3. The number of nitrogens with zero attached hydrogens (tertiary/aromatic N) is 2. The van der Waals surface area contributed by atoms with Gasteiger partial charge in [-0.1, -0.05) is 0 Å². The Morgan fingerprint density at radius 3 is 2.07 bits per heavy atom. The van der Waals surface area contributed by atoms with E-state index in [-0.39, 0.29) is 53.4 Å². The number of aliphatic hydroxyl groups is 1. The number of halogens is 3. The first-order chi connectivity index (χ1) is 13.1. The van der Waals surface area contributed by atoms with E-state index in [1.54, 1.807) is 20.8 Å². The lowest BCUT2D eigenvalue weighted by atomic mass is 10.1. The molecule has 0 saturated heterocycles. The van der Waals surface area contributed by atoms with Gasteiger partial charge in [0, 0.05) is 17.7 Å². The molecule has 156 valence electrons. The smallest absolute Gasteiger partial charge is 0.438 e. The van der Waals surface area contributed by atoms with E-state index in [4.69, 9.17) is 14.2 Å². The summed E-state index contributed by atoms with van der Waals surface area (Å²) < 4.78 is 56.7. The first kappa shape index (κ1) is 21.8. The highest BCUT2D eigenvalue weighted by atomic mass is 19.4. The zero-order valence-corrected chi connectivity index (χ0v) is 16.1. The van der Waals surface area contributed by atoms with Crippen molar-refractivity contribution in [2.24, 2.45) is 5.10 Å². The van der Waals surface area contributed by atoms with E-state index in [9.17, 15) is 23.1 Å². The molecule has 1 aliphatic rings. The number of alkyl halides is 3. The van der Waals surface area contributed by atoms with Gasteiger partial charge in [0.05, 0.1) is 19.8 Å². The maximum Gasteiger partial charge on any atom is 0.438 e. The maximum atomic E-state index is 13.4. The lowest BCUT2D eigenvalue weighted by molar-refractivity contribution is -0.297. The normalized spacial score (nSPS) is 19.4. The molecule has 1 aliphatic heterocycles. The van der Waals surface area contributed by atoms with Crippen LogP contribution >= 0.6 is 0 Å². The topological polar surface area (TPSA) is 80.6 Å². The van der Waals surface area contributed by atoms with Gasteiger partial charge in [0.1, 0.15) is 0 Å². The highest BCUT2D eigenvalue weighted by Crippen LogP contribution is 2.43. The summed E-state index contributed by atoms with van der Waals surface area (Å²) in [6, 6.07) is 2.50. The Morgan fingerprint density at radius 1 is 1.14 bits per heavy atom. The molecule has 0 spiro atoms. The maximum absolute atomic E-state index is 13.4. The second kappa shape index (κ2) is 8.26. The fourth-order valence-electron chi connectivity index (χ4n) is 2.79. The predicted octanol–water partition coefficient (Wildman–Crippen LogP) is 3.36. The van der Waals surface area contributed by atoms with Gasteiger partial charge >= 0.3 is 6.18 Å². The third-order valence-corrected chi connectivity index (χ3v) is 3.93. The van der Waals surface area contributed by atoms with Crippen LogP contribution in [0.3, 0.4) is 0 Å². The van der Waals surface area contributed by atoms with E-state index in [1.165, 1.54) is 19.1 Å². The van der Waals surface area contributed by atoms with Gasteiger partial charge in [-0.25, -0.2) is 0 Å². The molecular weight excluding hydrogens is 381 g/mol. The Labute approximate surface area is 160 Å². The molecule has 0 radical (unpaired) electrons. The lowest BCUT2D eigenvalue weighted by Crippen LogP contribution is -2.56. The molecule has 0 bridgehead atoms. The molecule has 0 fully saturated rings. The van der Waals surface area contributed by atoms with Crippen molar-refractivity contribution in [1.82, 2.24) is 5.01 Å². The Hall–Kier alpha value is -2.49. The highest BCUT2D eigenvalue weighted by molar-refractivity contribution is 5.99. The van der Waals surface area contributed by atoms with Crippen molar-refractivity contribution in [3.05, 3.63) is 17.7 Å². The molecule has 7 nitrogen and oxygen atoms in total. The zero-order chi connectivity index (χ0) is 21.1. The van der Waals surface area contributed by atoms with E-state index in [1.807, 2.05) is 0 Å². The van der Waals surface area contributed by atoms with Crippen LogP contribution in [0.5, 0.6) is 17.2 Å². The van der Waals surface area contributed by atoms with Crippen LogP contribution in [-0.4, -0.2) is 53.5 Å². The fraction of sp³-hybridized carbons (Fsp3) is 0.556. The third kappa shape index (κ3) is 4.01. The van der Waals surface area contributed by atoms with E-state index in [0.717, 1.165) is 0 Å². The van der Waals surface area contributed by atoms with Crippen LogP contribution in [0.4, 0.5) is 13.2 Å². The quantitative estimate of drug-likeness (QED) is 0.754. The lowest BCUT2D eigenvalue weighted by Gasteiger charge is -2.32. The van der Waals surface area contributed by atoms with Crippen LogP contribution in [0.15, 0.2) is 17.2 Å². The molecule has 1 heterocycles. The summed E-state index contributed by atoms with van der Waals surface area (Å²) in [6.45, 7) is 7.22. The number of carbonyl (C=O) groups excluding carboxylic acids is 1. The number of carbonyl (C=O) groups is 1. The van der Waals surface area contributed by atoms with Crippen molar-refractivity contribution in [2.75, 3.05) is 19.8 Å². The largest absolute Gasteiger partial charge is 0.490 e. The average molecular weight is 404 g/mol. The minimum atomic E-state index is -5.08. The van der Waals surface area contributed by atoms with Crippen molar-refractivity contribution in [3.8, 4) is 17.2 Å². The zero-order valence-electron chi connectivity index (χ0n) is 16.1. The summed E-state index contributed by atoms with van der Waals surface area (Å²) in [6.07, 6.45) is -5.91. The molecule has 1 amide bonds. The summed E-state index contributed by atoms with van der Waals surface area (Å²) in [5, 5.41) is 13.8. The first-order valence-corrected chi connectivity index (χ1v) is 8.83. The monoisotopic (exact) mass is 404 g/mol. The van der Waals surface area contributed by atoms with Gasteiger partial charge in [-0.15, -0.1) is 0 Å². The highest BCUT2D eigenvalue weighted by Gasteiger charge is 2.62. The second-order valence-corrected chi connectivity index (χ2v) is 6.04. The van der Waals surface area contributed by atoms with Gasteiger partial charge in [-0.05, 0) is 39.8 Å². The first-order valence-electron chi connectivity index (χ1n) is 8.83. The molecule has 1 atom stereocenters. The fourth-order valence-corrected chi connectivity index (χ4v) is 2.79. The molecular formula is C18H23F3N2O5. The molecule has 28 heavy (non-hydrogen) atoms. The second-order valence-electron chi connectivity index (χ2n) is 6.04. The average Bonchev–Trinajstić information content (AvgIpc) is 2.93. The van der Waals surface area contributed by atoms with Gasteiger partial charge in [-0.3, -0.25) is 4.79 Å². The van der Waals surface area contributed by atoms with Crippen molar-refractivity contribution in [2.45, 2.75) is 46.0 Å². The SMILES string of the molecule is CCOc1cc(C(=O)N2N=C(C)CC2(O)C(F)(F)F)cc(OCC)c1OCC. The molecule has 1 unspecified atom stereocenters. The molecule has 1 aromatic carbocycles. The summed E-state index contributed by atoms with van der Waals surface area (Å²) in [7, 11) is 0. The number of benzene rings is 1. The van der Waals surface area contributed by atoms with Crippen molar-refractivity contribution in [1.29, 1.82) is 0 Å². The summed E-state index contributed by atoms with van der Waals surface area (Å²) in [5.41, 5.74) is -3.62. The van der Waals surface area contributed by atoms with Crippen molar-refractivity contribution in [3.63, 3.8) is 0 Å². The Morgan fingerprint density at radius 2 is 1.64 bits per heavy atom. The molecule has 0 saturated carbocycles. The predicted molar refractivity (Wildman–Crippen MR) is 94.8 cm³/mol. The van der Waals surface area contributed by atoms with Crippen LogP contribution in [0.25, 0.3) is 0 Å². The van der Waals surface area contributed by atoms with Crippen LogP contribution in [-0.2, 0) is 0 Å². The molecule has 2 rings (SSSR count). The van der Waals surface area contributed by atoms with E-state index >= 15 is 0 Å². The number of rotatable bonds is 7. The number of hydrogen-bond acceptors (Lipinski definition) is 6. The Bertz CT molecular complexity index is 739. The number of hydrazone groups is 1. The third-order valence-electron chi connectivity index (χ3n) is 3.93. The van der Waals surface area contributed by atoms with Crippen LogP contribution in [0.2, 0.25) is 0 Å². The summed E-state index contributed by atoms with van der Waals surface area (Å²) in [4.78, 5) is 12.8. The molecule has 1 N–H and O–H groups in total. The van der Waals surface area contributed by atoms with Crippen LogP contribution in [0.1, 0.15) is 44.5 Å². The number of hydrogen-bond donors (Lipinski definition) is 1. The van der Waals surface area contributed by atoms with Gasteiger partial charge in [0.25, 0.3) is 11.6 Å². The summed E-state index contributed by atoms with van der Waals surface area (Å²) >= 11 is 0. The standard InChI is InChI=1S/C18H23F3N2O5/c1-5-26-13-8-12(9-14(27-6-2)15(13)28-7-3)16(24)23-17(25,18(19,20)21)10-11(4)22-23/h8-9,25H,5-7,10H2,1-4H3. The Balaban J connectivity index is 2.55. The molecule has 0 aliphatic carbocycles. The molecule has 1 aromatic rings. The number of amides is 1. The molecule has 10 heteroatoms.